The number of fused-ring (bicyclic) bond motifs is 1. The van der Waals surface area contributed by atoms with E-state index in [2.05, 4.69) is 15.4 Å². The van der Waals surface area contributed by atoms with Gasteiger partial charge in [0.05, 0.1) is 12.2 Å². The average Bonchev–Trinajstić information content (AvgIpc) is 2.99. The molecule has 1 atom stereocenters. The van der Waals surface area contributed by atoms with Crippen LogP contribution in [0.1, 0.15) is 11.6 Å². The summed E-state index contributed by atoms with van der Waals surface area (Å²) in [7, 11) is 5.62. The van der Waals surface area contributed by atoms with Crippen molar-refractivity contribution in [2.75, 3.05) is 20.6 Å². The van der Waals surface area contributed by atoms with Gasteiger partial charge in [0.1, 0.15) is 18.3 Å². The Kier molecular flexibility index (Phi) is 5.13. The van der Waals surface area contributed by atoms with Gasteiger partial charge >= 0.3 is 0 Å². The molecule has 0 aliphatic rings. The highest BCUT2D eigenvalue weighted by atomic mass is 16.2. The molecule has 0 unspecified atom stereocenters. The number of nitrogens with one attached hydrogen (secondary N) is 1. The maximum Gasteiger partial charge on any atom is 0.264 e. The van der Waals surface area contributed by atoms with Crippen LogP contribution < -0.4 is 10.9 Å². The fourth-order valence-electron chi connectivity index (χ4n) is 2.86. The van der Waals surface area contributed by atoms with E-state index in [9.17, 15) is 9.59 Å². The van der Waals surface area contributed by atoms with Crippen molar-refractivity contribution >= 4 is 16.9 Å². The molecule has 1 N–H and O–H groups in total. The number of nitrogens with zero attached hydrogens (tertiary/aromatic N) is 5. The first-order valence-electron chi connectivity index (χ1n) is 8.32. The number of aryl methyl sites for hydroxylation is 1. The van der Waals surface area contributed by atoms with Crippen molar-refractivity contribution in [3.8, 4) is 0 Å². The molecule has 3 aromatic rings. The molecule has 3 rings (SSSR count). The quantitative estimate of drug-likeness (QED) is 0.699. The van der Waals surface area contributed by atoms with E-state index in [1.54, 1.807) is 7.05 Å². The van der Waals surface area contributed by atoms with Crippen molar-refractivity contribution in [1.82, 2.24) is 29.5 Å². The molecule has 0 bridgehead atoms. The Morgan fingerprint density at radius 3 is 2.69 bits per heavy atom. The Balaban J connectivity index is 1.78. The van der Waals surface area contributed by atoms with Crippen LogP contribution in [0.25, 0.3) is 11.0 Å². The first-order valence-corrected chi connectivity index (χ1v) is 8.32. The molecule has 136 valence electrons. The van der Waals surface area contributed by atoms with Gasteiger partial charge in [0.15, 0.2) is 5.65 Å². The summed E-state index contributed by atoms with van der Waals surface area (Å²) in [4.78, 5) is 31.2. The second-order valence-electron chi connectivity index (χ2n) is 6.48. The second-order valence-corrected chi connectivity index (χ2v) is 6.48. The predicted octanol–water partition coefficient (Wildman–Crippen LogP) is 0.549. The zero-order valence-electron chi connectivity index (χ0n) is 15.1. The molecule has 0 aliphatic carbocycles. The predicted molar refractivity (Wildman–Crippen MR) is 98.6 cm³/mol. The van der Waals surface area contributed by atoms with Crippen molar-refractivity contribution in [1.29, 1.82) is 0 Å². The van der Waals surface area contributed by atoms with E-state index >= 15 is 0 Å². The lowest BCUT2D eigenvalue weighted by Gasteiger charge is -2.23. The van der Waals surface area contributed by atoms with Gasteiger partial charge in [-0.05, 0) is 19.7 Å². The number of hydrogen-bond acceptors (Lipinski definition) is 5. The Labute approximate surface area is 151 Å². The van der Waals surface area contributed by atoms with Crippen molar-refractivity contribution in [2.45, 2.75) is 12.6 Å². The van der Waals surface area contributed by atoms with E-state index in [0.29, 0.717) is 17.6 Å². The number of benzene rings is 1. The van der Waals surface area contributed by atoms with Crippen LogP contribution in [-0.4, -0.2) is 50.8 Å². The summed E-state index contributed by atoms with van der Waals surface area (Å²) in [6, 6.07) is 9.61. The molecule has 8 heteroatoms. The molecule has 2 heterocycles. The second kappa shape index (κ2) is 7.49. The highest BCUT2D eigenvalue weighted by Crippen LogP contribution is 2.13. The third-order valence-electron chi connectivity index (χ3n) is 4.12. The van der Waals surface area contributed by atoms with Crippen LogP contribution in [0.4, 0.5) is 0 Å². The van der Waals surface area contributed by atoms with Crippen LogP contribution >= 0.6 is 0 Å². The standard InChI is InChI=1S/C18H22N6O2/c1-22(2)10-15(13-7-5-4-6-8-13)21-16(25)11-24-12-19-17-14(18(24)26)9-20-23(17)3/h4-9,12,15H,10-11H2,1-3H3,(H,21,25)/t15-/m0/s1. The van der Waals surface area contributed by atoms with Crippen LogP contribution in [0.5, 0.6) is 0 Å². The van der Waals surface area contributed by atoms with Gasteiger partial charge in [-0.2, -0.15) is 5.10 Å². The third kappa shape index (κ3) is 3.80. The Bertz CT molecular complexity index is 961. The maximum absolute atomic E-state index is 12.5. The fraction of sp³-hybridized carbons (Fsp3) is 0.333. The lowest BCUT2D eigenvalue weighted by molar-refractivity contribution is -0.122. The van der Waals surface area contributed by atoms with Crippen LogP contribution in [0.15, 0.2) is 47.7 Å². The molecule has 0 fully saturated rings. The Hall–Kier alpha value is -3.00. The summed E-state index contributed by atoms with van der Waals surface area (Å²) < 4.78 is 2.83. The van der Waals surface area contributed by atoms with E-state index in [1.165, 1.54) is 21.8 Å². The van der Waals surface area contributed by atoms with E-state index in [-0.39, 0.29) is 24.1 Å². The number of likely N-dealkylation sites (N-methyl/N-ethyl adjacent to an activating group) is 1. The van der Waals surface area contributed by atoms with E-state index in [4.69, 9.17) is 0 Å². The minimum Gasteiger partial charge on any atom is -0.346 e. The highest BCUT2D eigenvalue weighted by molar-refractivity contribution is 5.77. The topological polar surface area (TPSA) is 85.1 Å². The smallest absolute Gasteiger partial charge is 0.264 e. The number of carbonyl (C=O) groups excluding carboxylic acids is 1. The van der Waals surface area contributed by atoms with Crippen LogP contribution in [0.2, 0.25) is 0 Å². The number of hydrogen-bond donors (Lipinski definition) is 1. The summed E-state index contributed by atoms with van der Waals surface area (Å²) in [6.45, 7) is 0.567. The molecule has 1 aromatic carbocycles. The zero-order chi connectivity index (χ0) is 18.7. The van der Waals surface area contributed by atoms with Crippen molar-refractivity contribution in [3.05, 3.63) is 58.8 Å². The molecule has 0 spiro atoms. The minimum atomic E-state index is -0.276. The van der Waals surface area contributed by atoms with Gasteiger partial charge in [-0.1, -0.05) is 30.3 Å². The summed E-state index contributed by atoms with van der Waals surface area (Å²) in [5.41, 5.74) is 1.24. The average molecular weight is 354 g/mol. The van der Waals surface area contributed by atoms with Gasteiger partial charge in [0, 0.05) is 13.6 Å². The van der Waals surface area contributed by atoms with E-state index in [0.717, 1.165) is 5.56 Å². The number of carbonyl (C=O) groups is 1. The van der Waals surface area contributed by atoms with Crippen molar-refractivity contribution in [2.24, 2.45) is 7.05 Å². The first-order chi connectivity index (χ1) is 12.5. The molecule has 0 saturated carbocycles. The lowest BCUT2D eigenvalue weighted by Crippen LogP contribution is -2.38. The van der Waals surface area contributed by atoms with Crippen LogP contribution in [-0.2, 0) is 18.4 Å². The lowest BCUT2D eigenvalue weighted by atomic mass is 10.1. The molecular weight excluding hydrogens is 332 g/mol. The molecule has 0 radical (unpaired) electrons. The van der Waals surface area contributed by atoms with E-state index in [1.807, 2.05) is 49.3 Å². The fourth-order valence-corrected chi connectivity index (χ4v) is 2.86. The molecule has 0 saturated heterocycles. The monoisotopic (exact) mass is 354 g/mol. The molecule has 2 aromatic heterocycles. The van der Waals surface area contributed by atoms with Crippen LogP contribution in [0, 0.1) is 0 Å². The maximum atomic E-state index is 12.5. The van der Waals surface area contributed by atoms with Gasteiger partial charge < -0.3 is 10.2 Å². The molecule has 8 nitrogen and oxygen atoms in total. The van der Waals surface area contributed by atoms with Crippen molar-refractivity contribution < 1.29 is 4.79 Å². The normalized spacial score (nSPS) is 12.5. The molecule has 26 heavy (non-hydrogen) atoms. The molecule has 1 amide bonds. The SMILES string of the molecule is CN(C)C[C@H](NC(=O)Cn1cnc2c(cnn2C)c1=O)c1ccccc1. The molecule has 0 aliphatic heterocycles. The number of amides is 1. The van der Waals surface area contributed by atoms with Gasteiger partial charge in [0.25, 0.3) is 5.56 Å². The Morgan fingerprint density at radius 1 is 1.27 bits per heavy atom. The molecular formula is C18H22N6O2. The van der Waals surface area contributed by atoms with Crippen molar-refractivity contribution in [3.63, 3.8) is 0 Å². The van der Waals surface area contributed by atoms with Gasteiger partial charge in [0.2, 0.25) is 5.91 Å². The van der Waals surface area contributed by atoms with E-state index < -0.39 is 0 Å². The Morgan fingerprint density at radius 2 is 2.00 bits per heavy atom. The van der Waals surface area contributed by atoms with Gasteiger partial charge in [-0.15, -0.1) is 0 Å². The van der Waals surface area contributed by atoms with Crippen LogP contribution in [0.3, 0.4) is 0 Å². The summed E-state index contributed by atoms with van der Waals surface area (Å²) in [6.07, 6.45) is 2.85. The first kappa shape index (κ1) is 17.8. The summed E-state index contributed by atoms with van der Waals surface area (Å²) in [5.74, 6) is -0.243. The number of rotatable bonds is 6. The summed E-state index contributed by atoms with van der Waals surface area (Å²) in [5, 5.41) is 7.44. The summed E-state index contributed by atoms with van der Waals surface area (Å²) >= 11 is 0. The highest BCUT2D eigenvalue weighted by Gasteiger charge is 2.17. The van der Waals surface area contributed by atoms with Gasteiger partial charge in [-0.3, -0.25) is 18.8 Å². The third-order valence-corrected chi connectivity index (χ3v) is 4.12. The minimum absolute atomic E-state index is 0.0899. The van der Waals surface area contributed by atoms with Gasteiger partial charge in [-0.25, -0.2) is 4.98 Å². The number of aromatic nitrogens is 4. The largest absolute Gasteiger partial charge is 0.346 e. The zero-order valence-corrected chi connectivity index (χ0v) is 15.1.